The SMILES string of the molecule is NC1=NC2(CCCCC2)N(c2cc(F)ccc2Oc2c(F)cc(C(F)(F)F)cc2F)C(N)=N1. The van der Waals surface area contributed by atoms with Gasteiger partial charge in [-0.2, -0.15) is 18.2 Å². The van der Waals surface area contributed by atoms with Crippen molar-refractivity contribution < 1.29 is 31.1 Å². The molecule has 1 fully saturated rings. The average Bonchev–Trinajstić information content (AvgIpc) is 2.71. The second kappa shape index (κ2) is 8.16. The average molecular weight is 471 g/mol. The minimum absolute atomic E-state index is 0.0481. The molecule has 0 amide bonds. The molecule has 1 aliphatic carbocycles. The van der Waals surface area contributed by atoms with Gasteiger partial charge in [0.05, 0.1) is 11.3 Å². The normalized spacial score (nSPS) is 18.2. The number of guanidine groups is 2. The Bertz CT molecular complexity index is 1120. The van der Waals surface area contributed by atoms with Crippen LogP contribution in [-0.2, 0) is 6.18 Å². The van der Waals surface area contributed by atoms with E-state index in [0.29, 0.717) is 12.8 Å². The fourth-order valence-corrected chi connectivity index (χ4v) is 4.15. The fraction of sp³-hybridized carbons (Fsp3) is 0.333. The Kier molecular flexibility index (Phi) is 5.62. The Hall–Kier alpha value is -3.44. The van der Waals surface area contributed by atoms with Crippen molar-refractivity contribution in [3.05, 3.63) is 53.3 Å². The second-order valence-electron chi connectivity index (χ2n) is 7.80. The highest BCUT2D eigenvalue weighted by Crippen LogP contribution is 2.45. The molecule has 1 heterocycles. The van der Waals surface area contributed by atoms with E-state index < -0.39 is 40.6 Å². The van der Waals surface area contributed by atoms with Crippen molar-refractivity contribution in [2.75, 3.05) is 4.90 Å². The van der Waals surface area contributed by atoms with Crippen molar-refractivity contribution >= 4 is 17.6 Å². The Morgan fingerprint density at radius 1 is 0.939 bits per heavy atom. The molecule has 0 bridgehead atoms. The number of halogens is 6. The number of rotatable bonds is 3. The van der Waals surface area contributed by atoms with Crippen LogP contribution in [0.4, 0.5) is 32.0 Å². The van der Waals surface area contributed by atoms with E-state index in [0.717, 1.165) is 37.5 Å². The van der Waals surface area contributed by atoms with Crippen molar-refractivity contribution in [1.29, 1.82) is 0 Å². The predicted molar refractivity (Wildman–Crippen MR) is 109 cm³/mol. The zero-order chi connectivity index (χ0) is 24.0. The van der Waals surface area contributed by atoms with E-state index in [1.807, 2.05) is 0 Å². The number of hydrogen-bond donors (Lipinski definition) is 2. The summed E-state index contributed by atoms with van der Waals surface area (Å²) in [6, 6.07) is 3.32. The summed E-state index contributed by atoms with van der Waals surface area (Å²) in [6.45, 7) is 0. The zero-order valence-electron chi connectivity index (χ0n) is 17.1. The molecule has 0 unspecified atom stereocenters. The summed E-state index contributed by atoms with van der Waals surface area (Å²) in [7, 11) is 0. The lowest BCUT2D eigenvalue weighted by Gasteiger charge is -2.45. The molecule has 4 rings (SSSR count). The minimum atomic E-state index is -4.95. The van der Waals surface area contributed by atoms with Crippen molar-refractivity contribution in [1.82, 2.24) is 0 Å². The third-order valence-electron chi connectivity index (χ3n) is 5.55. The number of hydrogen-bond acceptors (Lipinski definition) is 6. The first-order chi connectivity index (χ1) is 15.5. The summed E-state index contributed by atoms with van der Waals surface area (Å²) >= 11 is 0. The Labute approximate surface area is 184 Å². The molecule has 1 saturated carbocycles. The zero-order valence-corrected chi connectivity index (χ0v) is 17.1. The number of nitrogens with zero attached hydrogens (tertiary/aromatic N) is 3. The Morgan fingerprint density at radius 3 is 2.18 bits per heavy atom. The van der Waals surface area contributed by atoms with Crippen molar-refractivity contribution in [3.8, 4) is 11.5 Å². The maximum Gasteiger partial charge on any atom is 0.416 e. The predicted octanol–water partition coefficient (Wildman–Crippen LogP) is 5.02. The van der Waals surface area contributed by atoms with Gasteiger partial charge in [0, 0.05) is 6.07 Å². The molecule has 2 aromatic rings. The summed E-state index contributed by atoms with van der Waals surface area (Å²) < 4.78 is 87.0. The van der Waals surface area contributed by atoms with Gasteiger partial charge in [0.1, 0.15) is 11.5 Å². The van der Waals surface area contributed by atoms with Crippen LogP contribution in [0.5, 0.6) is 11.5 Å². The van der Waals surface area contributed by atoms with Gasteiger partial charge < -0.3 is 16.2 Å². The molecule has 2 aliphatic rings. The van der Waals surface area contributed by atoms with Crippen LogP contribution in [0.1, 0.15) is 37.7 Å². The van der Waals surface area contributed by atoms with Crippen molar-refractivity contribution in [3.63, 3.8) is 0 Å². The summed E-state index contributed by atoms with van der Waals surface area (Å²) in [5, 5.41) is 0. The molecule has 0 saturated heterocycles. The Morgan fingerprint density at radius 2 is 1.58 bits per heavy atom. The number of nitrogens with two attached hydrogens (primary N) is 2. The molecule has 12 heteroatoms. The van der Waals surface area contributed by atoms with E-state index in [2.05, 4.69) is 9.98 Å². The molecule has 6 nitrogen and oxygen atoms in total. The maximum absolute atomic E-state index is 14.4. The molecule has 0 atom stereocenters. The molecule has 33 heavy (non-hydrogen) atoms. The smallest absolute Gasteiger partial charge is 0.416 e. The van der Waals surface area contributed by atoms with Crippen LogP contribution < -0.4 is 21.1 Å². The van der Waals surface area contributed by atoms with Crippen LogP contribution in [-0.4, -0.2) is 17.6 Å². The number of benzene rings is 2. The number of ether oxygens (including phenoxy) is 1. The molecular formula is C21H19F6N5O. The lowest BCUT2D eigenvalue weighted by molar-refractivity contribution is -0.138. The van der Waals surface area contributed by atoms with Gasteiger partial charge >= 0.3 is 6.18 Å². The van der Waals surface area contributed by atoms with E-state index >= 15 is 0 Å². The summed E-state index contributed by atoms with van der Waals surface area (Å²) in [5.41, 5.74) is 9.35. The van der Waals surface area contributed by atoms with E-state index in [-0.39, 0.29) is 35.5 Å². The molecule has 1 spiro atoms. The quantitative estimate of drug-likeness (QED) is 0.615. The van der Waals surface area contributed by atoms with E-state index in [9.17, 15) is 26.3 Å². The van der Waals surface area contributed by atoms with E-state index in [4.69, 9.17) is 16.2 Å². The number of anilines is 1. The molecule has 0 radical (unpaired) electrons. The van der Waals surface area contributed by atoms with Gasteiger partial charge in [0.2, 0.25) is 11.9 Å². The van der Waals surface area contributed by atoms with Crippen LogP contribution in [0.2, 0.25) is 0 Å². The van der Waals surface area contributed by atoms with E-state index in [1.165, 1.54) is 4.90 Å². The largest absolute Gasteiger partial charge is 0.449 e. The molecule has 0 aromatic heterocycles. The summed E-state index contributed by atoms with van der Waals surface area (Å²) in [6.07, 6.45) is -1.53. The monoisotopic (exact) mass is 471 g/mol. The molecule has 4 N–H and O–H groups in total. The van der Waals surface area contributed by atoms with Gasteiger partial charge in [-0.1, -0.05) is 6.42 Å². The van der Waals surface area contributed by atoms with Crippen molar-refractivity contribution in [2.24, 2.45) is 21.5 Å². The summed E-state index contributed by atoms with van der Waals surface area (Å²) in [5.74, 6) is -5.40. The maximum atomic E-state index is 14.4. The van der Waals surface area contributed by atoms with Crippen LogP contribution in [0.3, 0.4) is 0 Å². The van der Waals surface area contributed by atoms with Crippen LogP contribution >= 0.6 is 0 Å². The lowest BCUT2D eigenvalue weighted by atomic mass is 9.87. The first-order valence-corrected chi connectivity index (χ1v) is 10.0. The third-order valence-corrected chi connectivity index (χ3v) is 5.55. The first kappa shape index (κ1) is 22.7. The minimum Gasteiger partial charge on any atom is -0.449 e. The topological polar surface area (TPSA) is 89.2 Å². The van der Waals surface area contributed by atoms with Gasteiger partial charge in [-0.05, 0) is 49.9 Å². The number of alkyl halides is 3. The highest BCUT2D eigenvalue weighted by molar-refractivity contribution is 6.06. The molecule has 176 valence electrons. The van der Waals surface area contributed by atoms with Gasteiger partial charge in [-0.15, -0.1) is 0 Å². The Balaban J connectivity index is 1.80. The fourth-order valence-electron chi connectivity index (χ4n) is 4.15. The molecule has 2 aromatic carbocycles. The van der Waals surface area contributed by atoms with Gasteiger partial charge in [0.15, 0.2) is 23.1 Å². The van der Waals surface area contributed by atoms with Crippen molar-refractivity contribution in [2.45, 2.75) is 43.9 Å². The van der Waals surface area contributed by atoms with Crippen LogP contribution in [0.25, 0.3) is 0 Å². The van der Waals surface area contributed by atoms with Gasteiger partial charge in [0.25, 0.3) is 0 Å². The van der Waals surface area contributed by atoms with Gasteiger partial charge in [-0.3, -0.25) is 4.90 Å². The third kappa shape index (κ3) is 4.29. The molecule has 1 aliphatic heterocycles. The highest BCUT2D eigenvalue weighted by Gasteiger charge is 2.44. The lowest BCUT2D eigenvalue weighted by Crippen LogP contribution is -2.58. The van der Waals surface area contributed by atoms with Gasteiger partial charge in [-0.25, -0.2) is 18.2 Å². The van der Waals surface area contributed by atoms with E-state index in [1.54, 1.807) is 0 Å². The number of aliphatic imine (C=N–C) groups is 2. The first-order valence-electron chi connectivity index (χ1n) is 10.0. The highest BCUT2D eigenvalue weighted by atomic mass is 19.4. The molecular weight excluding hydrogens is 452 g/mol. The van der Waals surface area contributed by atoms with Crippen LogP contribution in [0.15, 0.2) is 40.3 Å². The summed E-state index contributed by atoms with van der Waals surface area (Å²) in [4.78, 5) is 9.76. The standard InChI is InChI=1S/C21H19F6N5O/c22-12-4-5-16(33-17-13(23)8-11(9-14(17)24)21(25,26)27)15(10-12)32-19(29)30-18(28)31-20(32)6-2-1-3-7-20/h4-5,8-10H,1-3,6-7H2,(H4,28,29,30,31). The second-order valence-corrected chi connectivity index (χ2v) is 7.80. The van der Waals surface area contributed by atoms with Crippen LogP contribution in [0, 0.1) is 17.5 Å².